The summed E-state index contributed by atoms with van der Waals surface area (Å²) in [7, 11) is 1.63. The summed E-state index contributed by atoms with van der Waals surface area (Å²) < 4.78 is 5.19. The zero-order valence-electron chi connectivity index (χ0n) is 12.3. The maximum Gasteiger partial charge on any atom is 0.303 e. The van der Waals surface area contributed by atoms with E-state index in [9.17, 15) is 9.59 Å². The molecule has 3 atom stereocenters. The molecule has 0 heterocycles. The maximum absolute atomic E-state index is 12.1. The molecular weight excluding hydrogens is 270 g/mol. The van der Waals surface area contributed by atoms with Crippen LogP contribution in [0, 0.1) is 5.92 Å². The fraction of sp³-hybridized carbons (Fsp3) is 0.500. The summed E-state index contributed by atoms with van der Waals surface area (Å²) in [6.07, 6.45) is 1.37. The highest BCUT2D eigenvalue weighted by atomic mass is 16.5. The van der Waals surface area contributed by atoms with Crippen LogP contribution in [0.3, 0.4) is 0 Å². The predicted molar refractivity (Wildman–Crippen MR) is 78.3 cm³/mol. The van der Waals surface area contributed by atoms with Crippen LogP contribution in [0.5, 0.6) is 5.75 Å². The number of benzene rings is 1. The van der Waals surface area contributed by atoms with Crippen molar-refractivity contribution in [2.45, 2.75) is 38.1 Å². The van der Waals surface area contributed by atoms with Crippen LogP contribution in [0.25, 0.3) is 0 Å². The standard InChI is InChI=1S/C16H21NO4/c1-10(6-7-15(18)19)17-16(20)14-9-13(14)11-4-3-5-12(8-11)21-2/h3-5,8,10,13-14H,6-7,9H2,1-2H3,(H,17,20)(H,18,19). The van der Waals surface area contributed by atoms with Gasteiger partial charge in [0.15, 0.2) is 0 Å². The van der Waals surface area contributed by atoms with Gasteiger partial charge >= 0.3 is 5.97 Å². The highest BCUT2D eigenvalue weighted by molar-refractivity contribution is 5.83. The van der Waals surface area contributed by atoms with Crippen molar-refractivity contribution in [1.29, 1.82) is 0 Å². The predicted octanol–water partition coefficient (Wildman–Crippen LogP) is 2.17. The lowest BCUT2D eigenvalue weighted by atomic mass is 10.1. The molecule has 1 amide bonds. The largest absolute Gasteiger partial charge is 0.497 e. The summed E-state index contributed by atoms with van der Waals surface area (Å²) >= 11 is 0. The van der Waals surface area contributed by atoms with Crippen LogP contribution in [0.1, 0.15) is 37.7 Å². The van der Waals surface area contributed by atoms with Gasteiger partial charge in [0.1, 0.15) is 5.75 Å². The summed E-state index contributed by atoms with van der Waals surface area (Å²) in [5, 5.41) is 11.5. The van der Waals surface area contributed by atoms with Gasteiger partial charge < -0.3 is 15.2 Å². The molecule has 1 aliphatic rings. The Labute approximate surface area is 124 Å². The minimum atomic E-state index is -0.836. The second-order valence-corrected chi connectivity index (χ2v) is 5.57. The number of hydrogen-bond donors (Lipinski definition) is 2. The van der Waals surface area contributed by atoms with Crippen LogP contribution in [-0.2, 0) is 9.59 Å². The summed E-state index contributed by atoms with van der Waals surface area (Å²) in [6, 6.07) is 7.67. The van der Waals surface area contributed by atoms with Crippen molar-refractivity contribution >= 4 is 11.9 Å². The smallest absolute Gasteiger partial charge is 0.303 e. The first-order chi connectivity index (χ1) is 10.0. The summed E-state index contributed by atoms with van der Waals surface area (Å²) in [5.41, 5.74) is 1.12. The highest BCUT2D eigenvalue weighted by Gasteiger charge is 2.44. The quantitative estimate of drug-likeness (QED) is 0.807. The number of amides is 1. The number of aliphatic carboxylic acids is 1. The third kappa shape index (κ3) is 4.21. The Morgan fingerprint density at radius 1 is 1.48 bits per heavy atom. The van der Waals surface area contributed by atoms with Crippen molar-refractivity contribution in [3.8, 4) is 5.75 Å². The number of rotatable bonds is 7. The first-order valence-corrected chi connectivity index (χ1v) is 7.17. The average molecular weight is 291 g/mol. The van der Waals surface area contributed by atoms with Gasteiger partial charge in [-0.1, -0.05) is 12.1 Å². The molecule has 1 aromatic carbocycles. The zero-order valence-corrected chi connectivity index (χ0v) is 12.3. The Balaban J connectivity index is 1.84. The van der Waals surface area contributed by atoms with Gasteiger partial charge in [0.25, 0.3) is 0 Å². The van der Waals surface area contributed by atoms with E-state index in [1.165, 1.54) is 0 Å². The first kappa shape index (κ1) is 15.4. The molecule has 0 spiro atoms. The molecule has 5 nitrogen and oxygen atoms in total. The molecule has 114 valence electrons. The van der Waals surface area contributed by atoms with Crippen molar-refractivity contribution in [3.05, 3.63) is 29.8 Å². The molecule has 2 N–H and O–H groups in total. The molecule has 2 rings (SSSR count). The highest BCUT2D eigenvalue weighted by Crippen LogP contribution is 2.48. The minimum Gasteiger partial charge on any atom is -0.497 e. The average Bonchev–Trinajstić information content (AvgIpc) is 3.25. The SMILES string of the molecule is COc1cccc(C2CC2C(=O)NC(C)CCC(=O)O)c1. The van der Waals surface area contributed by atoms with Crippen LogP contribution in [0.2, 0.25) is 0 Å². The molecule has 21 heavy (non-hydrogen) atoms. The molecule has 0 bridgehead atoms. The number of nitrogens with one attached hydrogen (secondary N) is 1. The Kier molecular flexibility index (Phi) is 4.83. The second-order valence-electron chi connectivity index (χ2n) is 5.57. The topological polar surface area (TPSA) is 75.6 Å². The van der Waals surface area contributed by atoms with Crippen molar-refractivity contribution in [2.75, 3.05) is 7.11 Å². The monoisotopic (exact) mass is 291 g/mol. The van der Waals surface area contributed by atoms with Crippen molar-refractivity contribution in [1.82, 2.24) is 5.32 Å². The van der Waals surface area contributed by atoms with E-state index < -0.39 is 5.97 Å². The van der Waals surface area contributed by atoms with Gasteiger partial charge in [0.05, 0.1) is 7.11 Å². The molecule has 5 heteroatoms. The molecule has 0 aromatic heterocycles. The van der Waals surface area contributed by atoms with Gasteiger partial charge in [-0.05, 0) is 43.4 Å². The summed E-state index contributed by atoms with van der Waals surface area (Å²) in [6.45, 7) is 1.84. The van der Waals surface area contributed by atoms with Gasteiger partial charge in [0, 0.05) is 18.4 Å². The Bertz CT molecular complexity index is 529. The van der Waals surface area contributed by atoms with Crippen molar-refractivity contribution < 1.29 is 19.4 Å². The van der Waals surface area contributed by atoms with Gasteiger partial charge in [-0.2, -0.15) is 0 Å². The van der Waals surface area contributed by atoms with E-state index >= 15 is 0 Å². The van der Waals surface area contributed by atoms with Crippen LogP contribution in [-0.4, -0.2) is 30.1 Å². The number of carboxylic acid groups (broad SMARTS) is 1. The fourth-order valence-electron chi connectivity index (χ4n) is 2.49. The Morgan fingerprint density at radius 2 is 2.24 bits per heavy atom. The molecule has 0 saturated heterocycles. The van der Waals surface area contributed by atoms with Gasteiger partial charge in [-0.3, -0.25) is 9.59 Å². The number of ether oxygens (including phenoxy) is 1. The molecule has 0 aliphatic heterocycles. The van der Waals surface area contributed by atoms with E-state index in [4.69, 9.17) is 9.84 Å². The Hall–Kier alpha value is -2.04. The summed E-state index contributed by atoms with van der Waals surface area (Å²) in [4.78, 5) is 22.6. The van der Waals surface area contributed by atoms with Crippen LogP contribution in [0.4, 0.5) is 0 Å². The van der Waals surface area contributed by atoms with Crippen molar-refractivity contribution in [2.24, 2.45) is 5.92 Å². The molecule has 3 unspecified atom stereocenters. The lowest BCUT2D eigenvalue weighted by Crippen LogP contribution is -2.34. The molecular formula is C16H21NO4. The van der Waals surface area contributed by atoms with Crippen molar-refractivity contribution in [3.63, 3.8) is 0 Å². The normalized spacial score (nSPS) is 21.4. The van der Waals surface area contributed by atoms with Gasteiger partial charge in [0.2, 0.25) is 5.91 Å². The van der Waals surface area contributed by atoms with Gasteiger partial charge in [-0.15, -0.1) is 0 Å². The molecule has 1 fully saturated rings. The molecule has 1 aliphatic carbocycles. The lowest BCUT2D eigenvalue weighted by molar-refractivity contribution is -0.137. The maximum atomic E-state index is 12.1. The zero-order chi connectivity index (χ0) is 15.4. The molecule has 1 aromatic rings. The number of carbonyl (C=O) groups is 2. The number of methoxy groups -OCH3 is 1. The number of carboxylic acids is 1. The van der Waals surface area contributed by atoms with E-state index in [-0.39, 0.29) is 30.2 Å². The first-order valence-electron chi connectivity index (χ1n) is 7.17. The van der Waals surface area contributed by atoms with E-state index in [2.05, 4.69) is 5.32 Å². The Morgan fingerprint density at radius 3 is 2.90 bits per heavy atom. The minimum absolute atomic E-state index is 0.00983. The summed E-state index contributed by atoms with van der Waals surface area (Å²) in [5.74, 6) is 0.210. The molecule has 1 saturated carbocycles. The van der Waals surface area contributed by atoms with E-state index in [0.717, 1.165) is 17.7 Å². The number of hydrogen-bond acceptors (Lipinski definition) is 3. The van der Waals surface area contributed by atoms with Gasteiger partial charge in [-0.25, -0.2) is 0 Å². The second kappa shape index (κ2) is 6.61. The molecule has 0 radical (unpaired) electrons. The lowest BCUT2D eigenvalue weighted by Gasteiger charge is -2.12. The third-order valence-electron chi connectivity index (χ3n) is 3.83. The van der Waals surface area contributed by atoms with E-state index in [0.29, 0.717) is 6.42 Å². The van der Waals surface area contributed by atoms with Crippen LogP contribution < -0.4 is 10.1 Å². The van der Waals surface area contributed by atoms with Crippen LogP contribution in [0.15, 0.2) is 24.3 Å². The van der Waals surface area contributed by atoms with E-state index in [1.807, 2.05) is 31.2 Å². The van der Waals surface area contributed by atoms with E-state index in [1.54, 1.807) is 7.11 Å². The van der Waals surface area contributed by atoms with Crippen LogP contribution >= 0.6 is 0 Å². The fourth-order valence-corrected chi connectivity index (χ4v) is 2.49. The number of carbonyl (C=O) groups excluding carboxylic acids is 1. The third-order valence-corrected chi connectivity index (χ3v) is 3.83.